The molecule has 1 aliphatic heterocycles. The number of halogens is 4. The third-order valence-corrected chi connectivity index (χ3v) is 3.95. The summed E-state index contributed by atoms with van der Waals surface area (Å²) in [5.74, 6) is -0.256. The van der Waals surface area contributed by atoms with Crippen molar-refractivity contribution in [2.45, 2.75) is 44.9 Å². The van der Waals surface area contributed by atoms with Crippen molar-refractivity contribution in [1.82, 2.24) is 10.2 Å². The van der Waals surface area contributed by atoms with E-state index in [1.54, 1.807) is 6.07 Å². The summed E-state index contributed by atoms with van der Waals surface area (Å²) in [6.07, 6.45) is -6.14. The van der Waals surface area contributed by atoms with Crippen molar-refractivity contribution in [3.63, 3.8) is 0 Å². The Labute approximate surface area is 133 Å². The highest BCUT2D eigenvalue weighted by molar-refractivity contribution is 5.28. The summed E-state index contributed by atoms with van der Waals surface area (Å²) in [5, 5.41) is 3.38. The second kappa shape index (κ2) is 7.97. The number of nitrogens with zero attached hydrogens (tertiary/aromatic N) is 1. The summed E-state index contributed by atoms with van der Waals surface area (Å²) in [4.78, 5) is 2.35. The molecule has 0 aliphatic carbocycles. The van der Waals surface area contributed by atoms with Gasteiger partial charge in [0.05, 0.1) is 0 Å². The summed E-state index contributed by atoms with van der Waals surface area (Å²) in [5.41, 5.74) is 0.723. The molecule has 0 aromatic heterocycles. The van der Waals surface area contributed by atoms with Gasteiger partial charge in [-0.1, -0.05) is 19.1 Å². The van der Waals surface area contributed by atoms with E-state index in [9.17, 15) is 17.6 Å². The molecule has 130 valence electrons. The molecule has 0 radical (unpaired) electrons. The Bertz CT molecular complexity index is 499. The van der Waals surface area contributed by atoms with Gasteiger partial charge in [-0.15, -0.1) is 0 Å². The Hall–Kier alpha value is -1.34. The monoisotopic (exact) mass is 334 g/mol. The standard InChI is InChI=1S/C16H22F4N2O/c1-2-22-8-4-6-13(11-22)21-10-12-5-3-7-14(9-12)23-16(19,20)15(17)18/h3,5,7,9,13,15,21H,2,4,6,8,10-11H2,1H3. The van der Waals surface area contributed by atoms with Gasteiger partial charge in [-0.3, -0.25) is 0 Å². The molecule has 7 heteroatoms. The highest BCUT2D eigenvalue weighted by Crippen LogP contribution is 2.27. The van der Waals surface area contributed by atoms with Crippen LogP contribution in [0.5, 0.6) is 5.75 Å². The first-order valence-electron chi connectivity index (χ1n) is 7.80. The van der Waals surface area contributed by atoms with Crippen LogP contribution < -0.4 is 10.1 Å². The van der Waals surface area contributed by atoms with Crippen molar-refractivity contribution in [3.05, 3.63) is 29.8 Å². The second-order valence-electron chi connectivity index (χ2n) is 5.73. The van der Waals surface area contributed by atoms with E-state index in [1.807, 2.05) is 0 Å². The molecule has 0 spiro atoms. The topological polar surface area (TPSA) is 24.5 Å². The Morgan fingerprint density at radius 1 is 1.39 bits per heavy atom. The van der Waals surface area contributed by atoms with Gasteiger partial charge in [0.2, 0.25) is 0 Å². The largest absolute Gasteiger partial charge is 0.461 e. The zero-order valence-electron chi connectivity index (χ0n) is 13.1. The number of hydrogen-bond donors (Lipinski definition) is 1. The predicted molar refractivity (Wildman–Crippen MR) is 80.0 cm³/mol. The number of rotatable bonds is 7. The first-order valence-corrected chi connectivity index (χ1v) is 7.80. The molecule has 1 heterocycles. The van der Waals surface area contributed by atoms with E-state index >= 15 is 0 Å². The minimum atomic E-state index is -4.48. The van der Waals surface area contributed by atoms with Crippen LogP contribution in [-0.4, -0.2) is 43.1 Å². The maximum Gasteiger partial charge on any atom is 0.461 e. The molecular weight excluding hydrogens is 312 g/mol. The average Bonchev–Trinajstić information content (AvgIpc) is 2.53. The van der Waals surface area contributed by atoms with Crippen LogP contribution in [0.25, 0.3) is 0 Å². The van der Waals surface area contributed by atoms with Crippen LogP contribution in [0.3, 0.4) is 0 Å². The van der Waals surface area contributed by atoms with E-state index in [4.69, 9.17) is 0 Å². The Morgan fingerprint density at radius 3 is 2.87 bits per heavy atom. The first kappa shape index (κ1) is 18.0. The third-order valence-electron chi connectivity index (χ3n) is 3.95. The lowest BCUT2D eigenvalue weighted by Gasteiger charge is -2.32. The second-order valence-corrected chi connectivity index (χ2v) is 5.73. The van der Waals surface area contributed by atoms with E-state index in [0.29, 0.717) is 12.6 Å². The smallest absolute Gasteiger partial charge is 0.428 e. The van der Waals surface area contributed by atoms with E-state index in [-0.39, 0.29) is 5.75 Å². The number of alkyl halides is 4. The van der Waals surface area contributed by atoms with Crippen molar-refractivity contribution < 1.29 is 22.3 Å². The molecule has 1 aromatic carbocycles. The fraction of sp³-hybridized carbons (Fsp3) is 0.625. The molecule has 2 rings (SSSR count). The van der Waals surface area contributed by atoms with Crippen molar-refractivity contribution in [2.75, 3.05) is 19.6 Å². The summed E-state index contributed by atoms with van der Waals surface area (Å²) in [6, 6.07) is 6.23. The first-order chi connectivity index (χ1) is 10.9. The van der Waals surface area contributed by atoms with Crippen LogP contribution in [0.4, 0.5) is 17.6 Å². The van der Waals surface area contributed by atoms with Gasteiger partial charge in [0.15, 0.2) is 0 Å². The van der Waals surface area contributed by atoms with Crippen LogP contribution >= 0.6 is 0 Å². The predicted octanol–water partition coefficient (Wildman–Crippen LogP) is 3.50. The molecular formula is C16H22F4N2O. The van der Waals surface area contributed by atoms with Crippen LogP contribution in [0.1, 0.15) is 25.3 Å². The zero-order chi connectivity index (χ0) is 16.9. The molecule has 1 saturated heterocycles. The van der Waals surface area contributed by atoms with Gasteiger partial charge in [0.25, 0.3) is 0 Å². The van der Waals surface area contributed by atoms with Crippen LogP contribution in [0, 0.1) is 0 Å². The molecule has 1 unspecified atom stereocenters. The number of piperidine rings is 1. The van der Waals surface area contributed by atoms with E-state index in [2.05, 4.69) is 21.9 Å². The number of benzene rings is 1. The number of nitrogens with one attached hydrogen (secondary N) is 1. The van der Waals surface area contributed by atoms with Crippen molar-refractivity contribution in [2.24, 2.45) is 0 Å². The lowest BCUT2D eigenvalue weighted by molar-refractivity contribution is -0.253. The highest BCUT2D eigenvalue weighted by Gasteiger charge is 2.43. The quantitative estimate of drug-likeness (QED) is 0.773. The molecule has 1 aromatic rings. The van der Waals surface area contributed by atoms with Gasteiger partial charge < -0.3 is 15.0 Å². The van der Waals surface area contributed by atoms with Gasteiger partial charge in [-0.25, -0.2) is 0 Å². The summed E-state index contributed by atoms with van der Waals surface area (Å²) >= 11 is 0. The summed E-state index contributed by atoms with van der Waals surface area (Å²) < 4.78 is 54.3. The van der Waals surface area contributed by atoms with Gasteiger partial charge >= 0.3 is 12.5 Å². The number of hydrogen-bond acceptors (Lipinski definition) is 3. The number of ether oxygens (including phenoxy) is 1. The molecule has 0 bridgehead atoms. The van der Waals surface area contributed by atoms with Crippen LogP contribution in [0.15, 0.2) is 24.3 Å². The van der Waals surface area contributed by atoms with E-state index in [1.165, 1.54) is 18.2 Å². The maximum absolute atomic E-state index is 12.9. The number of likely N-dealkylation sites (N-methyl/N-ethyl adjacent to an activating group) is 1. The molecule has 23 heavy (non-hydrogen) atoms. The molecule has 0 saturated carbocycles. The van der Waals surface area contributed by atoms with Crippen molar-refractivity contribution >= 4 is 0 Å². The van der Waals surface area contributed by atoms with Gasteiger partial charge in [-0.2, -0.15) is 17.6 Å². The molecule has 1 fully saturated rings. The summed E-state index contributed by atoms with van der Waals surface area (Å²) in [7, 11) is 0. The summed E-state index contributed by atoms with van der Waals surface area (Å²) in [6.45, 7) is 5.66. The SMILES string of the molecule is CCN1CCCC(NCc2cccc(OC(F)(F)C(F)F)c2)C1. The lowest BCUT2D eigenvalue weighted by atomic mass is 10.1. The molecule has 1 aliphatic rings. The molecule has 1 atom stereocenters. The van der Waals surface area contributed by atoms with Gasteiger partial charge in [0, 0.05) is 19.1 Å². The Kier molecular flexibility index (Phi) is 6.24. The minimum absolute atomic E-state index is 0.256. The average molecular weight is 334 g/mol. The highest BCUT2D eigenvalue weighted by atomic mass is 19.3. The molecule has 3 nitrogen and oxygen atoms in total. The van der Waals surface area contributed by atoms with Gasteiger partial charge in [0.1, 0.15) is 5.75 Å². The lowest BCUT2D eigenvalue weighted by Crippen LogP contribution is -2.45. The zero-order valence-corrected chi connectivity index (χ0v) is 13.1. The molecule has 0 amide bonds. The normalized spacial score (nSPS) is 20.0. The van der Waals surface area contributed by atoms with E-state index < -0.39 is 12.5 Å². The third kappa shape index (κ3) is 5.35. The maximum atomic E-state index is 12.9. The Morgan fingerprint density at radius 2 is 2.17 bits per heavy atom. The fourth-order valence-electron chi connectivity index (χ4n) is 2.69. The Balaban J connectivity index is 1.90. The van der Waals surface area contributed by atoms with Crippen molar-refractivity contribution in [3.8, 4) is 5.75 Å². The van der Waals surface area contributed by atoms with Gasteiger partial charge in [-0.05, 0) is 43.6 Å². The van der Waals surface area contributed by atoms with Crippen LogP contribution in [-0.2, 0) is 6.54 Å². The van der Waals surface area contributed by atoms with Crippen LogP contribution in [0.2, 0.25) is 0 Å². The molecule has 1 N–H and O–H groups in total. The minimum Gasteiger partial charge on any atom is -0.428 e. The van der Waals surface area contributed by atoms with E-state index in [0.717, 1.165) is 38.0 Å². The number of likely N-dealkylation sites (tertiary alicyclic amines) is 1. The van der Waals surface area contributed by atoms with Crippen molar-refractivity contribution in [1.29, 1.82) is 0 Å². The fourth-order valence-corrected chi connectivity index (χ4v) is 2.69.